The Balaban J connectivity index is 2.60. The van der Waals surface area contributed by atoms with Crippen LogP contribution in [0.3, 0.4) is 0 Å². The van der Waals surface area contributed by atoms with Crippen molar-refractivity contribution in [3.8, 4) is 28.4 Å². The zero-order chi connectivity index (χ0) is 17.4. The van der Waals surface area contributed by atoms with Gasteiger partial charge in [-0.2, -0.15) is 0 Å². The molecule has 3 rings (SSSR count). The Kier molecular flexibility index (Phi) is 3.57. The zero-order valence-electron chi connectivity index (χ0n) is 12.2. The van der Waals surface area contributed by atoms with Gasteiger partial charge >= 0.3 is 5.97 Å². The first-order chi connectivity index (χ1) is 11.4. The topological polar surface area (TPSA) is 115 Å². The third-order valence-corrected chi connectivity index (χ3v) is 3.71. The average molecular weight is 324 g/mol. The van der Waals surface area contributed by atoms with E-state index < -0.39 is 28.6 Å². The van der Waals surface area contributed by atoms with Crippen LogP contribution in [0.5, 0.6) is 17.2 Å². The highest BCUT2D eigenvalue weighted by Gasteiger charge is 2.18. The molecule has 0 bridgehead atoms. The number of rotatable bonds is 2. The van der Waals surface area contributed by atoms with Crippen LogP contribution in [-0.2, 0) is 0 Å². The normalized spacial score (nSPS) is 10.7. The number of hydrogen-bond acceptors (Lipinski definition) is 5. The summed E-state index contributed by atoms with van der Waals surface area (Å²) >= 11 is 0. The van der Waals surface area contributed by atoms with E-state index in [1.165, 1.54) is 12.1 Å². The van der Waals surface area contributed by atoms with Crippen molar-refractivity contribution in [2.24, 2.45) is 0 Å². The predicted molar refractivity (Wildman–Crippen MR) is 87.6 cm³/mol. The summed E-state index contributed by atoms with van der Waals surface area (Å²) in [6.07, 6.45) is 0. The molecule has 3 aromatic carbocycles. The molecule has 0 saturated heterocycles. The first kappa shape index (κ1) is 15.4. The lowest BCUT2D eigenvalue weighted by molar-refractivity contribution is 0.0697. The van der Waals surface area contributed by atoms with Crippen LogP contribution in [0.25, 0.3) is 21.9 Å². The molecule has 0 saturated carbocycles. The molecular weight excluding hydrogens is 312 g/mol. The summed E-state index contributed by atoms with van der Waals surface area (Å²) in [4.78, 5) is 23.3. The number of phenols is 2. The number of carbonyl (C=O) groups is 1. The van der Waals surface area contributed by atoms with E-state index in [-0.39, 0.29) is 16.3 Å². The van der Waals surface area contributed by atoms with Gasteiger partial charge in [-0.15, -0.1) is 0 Å². The quantitative estimate of drug-likeness (QED) is 0.539. The second-order valence-corrected chi connectivity index (χ2v) is 5.21. The van der Waals surface area contributed by atoms with Gasteiger partial charge in [-0.3, -0.25) is 4.79 Å². The lowest BCUT2D eigenvalue weighted by Gasteiger charge is -2.09. The van der Waals surface area contributed by atoms with Gasteiger partial charge in [-0.05, 0) is 28.6 Å². The van der Waals surface area contributed by atoms with Crippen LogP contribution in [0, 0.1) is 0 Å². The lowest BCUT2D eigenvalue weighted by atomic mass is 9.97. The number of aromatic hydroxyl groups is 3. The fraction of sp³-hybridized carbons (Fsp3) is 0. The van der Waals surface area contributed by atoms with E-state index in [4.69, 9.17) is 0 Å². The zero-order valence-corrected chi connectivity index (χ0v) is 12.2. The largest absolute Gasteiger partial charge is 0.504 e. The molecule has 0 aliphatic carbocycles. The summed E-state index contributed by atoms with van der Waals surface area (Å²) in [5, 5.41) is 39.2. The van der Waals surface area contributed by atoms with Crippen molar-refractivity contribution < 1.29 is 25.2 Å². The Hall–Kier alpha value is -3.54. The van der Waals surface area contributed by atoms with Gasteiger partial charge in [0.05, 0.1) is 10.9 Å². The summed E-state index contributed by atoms with van der Waals surface area (Å²) in [6.45, 7) is 0. The van der Waals surface area contributed by atoms with Crippen LogP contribution in [0.4, 0.5) is 0 Å². The molecule has 0 spiro atoms. The summed E-state index contributed by atoms with van der Waals surface area (Å²) < 4.78 is 0. The third-order valence-electron chi connectivity index (χ3n) is 3.71. The molecule has 0 amide bonds. The Morgan fingerprint density at radius 2 is 1.54 bits per heavy atom. The van der Waals surface area contributed by atoms with Crippen LogP contribution in [0.1, 0.15) is 10.4 Å². The third kappa shape index (κ3) is 2.40. The molecule has 24 heavy (non-hydrogen) atoms. The van der Waals surface area contributed by atoms with E-state index in [0.29, 0.717) is 11.1 Å². The van der Waals surface area contributed by atoms with Crippen molar-refractivity contribution in [3.63, 3.8) is 0 Å². The van der Waals surface area contributed by atoms with Gasteiger partial charge in [0, 0.05) is 6.07 Å². The highest BCUT2D eigenvalue weighted by Crippen LogP contribution is 2.43. The Bertz CT molecular complexity index is 1030. The smallest absolute Gasteiger partial charge is 0.335 e. The van der Waals surface area contributed by atoms with Gasteiger partial charge in [-0.25, -0.2) is 4.79 Å². The number of carboxylic acid groups (broad SMARTS) is 1. The van der Waals surface area contributed by atoms with E-state index in [0.717, 1.165) is 6.07 Å². The van der Waals surface area contributed by atoms with E-state index in [9.17, 15) is 30.0 Å². The lowest BCUT2D eigenvalue weighted by Crippen LogP contribution is -2.00. The van der Waals surface area contributed by atoms with Crippen LogP contribution in [0.2, 0.25) is 0 Å². The number of aromatic carboxylic acids is 1. The highest BCUT2D eigenvalue weighted by atomic mass is 16.4. The summed E-state index contributed by atoms with van der Waals surface area (Å²) in [7, 11) is 0. The molecule has 0 heterocycles. The monoisotopic (exact) mass is 324 g/mol. The molecule has 120 valence electrons. The van der Waals surface area contributed by atoms with Crippen molar-refractivity contribution in [2.45, 2.75) is 0 Å². The van der Waals surface area contributed by atoms with Gasteiger partial charge in [0.1, 0.15) is 0 Å². The predicted octanol–water partition coefficient (Wildman–Crippen LogP) is 2.68. The number of fused-ring (bicyclic) bond motifs is 1. The number of carboxylic acids is 1. The first-order valence-corrected chi connectivity index (χ1v) is 6.95. The summed E-state index contributed by atoms with van der Waals surface area (Å²) in [5.74, 6) is -3.40. The number of phenolic OH excluding ortho intramolecular Hbond substituents is 2. The molecule has 0 aliphatic heterocycles. The summed E-state index contributed by atoms with van der Waals surface area (Å²) in [5.41, 5.74) is -0.323. The molecule has 0 aliphatic rings. The van der Waals surface area contributed by atoms with Gasteiger partial charge in [0.15, 0.2) is 17.2 Å². The SMILES string of the molecule is O=C(O)c1cc(=O)c(O)c2c(O)c(O)cc(-c3ccccc3)c2c1. The van der Waals surface area contributed by atoms with Gasteiger partial charge < -0.3 is 20.4 Å². The van der Waals surface area contributed by atoms with Crippen LogP contribution in [-0.4, -0.2) is 26.4 Å². The maximum absolute atomic E-state index is 12.0. The van der Waals surface area contributed by atoms with Gasteiger partial charge in [-0.1, -0.05) is 30.3 Å². The summed E-state index contributed by atoms with van der Waals surface area (Å²) in [6, 6.07) is 11.9. The maximum Gasteiger partial charge on any atom is 0.335 e. The molecular formula is C18H12O6. The minimum absolute atomic E-state index is 0.133. The van der Waals surface area contributed by atoms with Gasteiger partial charge in [0.25, 0.3) is 0 Å². The molecule has 0 fully saturated rings. The first-order valence-electron chi connectivity index (χ1n) is 6.95. The molecule has 0 radical (unpaired) electrons. The molecule has 0 unspecified atom stereocenters. The standard InChI is InChI=1S/C18H12O6/c19-13-7-10(18(23)24)6-12-11(9-4-2-1-3-5-9)8-14(20)17(22)15(12)16(13)21/h1-8,20,22H,(H,19,21)(H,23,24). The van der Waals surface area contributed by atoms with Crippen LogP contribution in [0.15, 0.2) is 53.3 Å². The Morgan fingerprint density at radius 1 is 0.875 bits per heavy atom. The molecule has 0 atom stereocenters. The Labute approximate surface area is 135 Å². The van der Waals surface area contributed by atoms with Crippen LogP contribution < -0.4 is 5.43 Å². The van der Waals surface area contributed by atoms with Gasteiger partial charge in [0.2, 0.25) is 5.43 Å². The second-order valence-electron chi connectivity index (χ2n) is 5.21. The van der Waals surface area contributed by atoms with Crippen molar-refractivity contribution in [2.75, 3.05) is 0 Å². The fourth-order valence-electron chi connectivity index (χ4n) is 2.57. The second kappa shape index (κ2) is 5.58. The number of hydrogen-bond donors (Lipinski definition) is 4. The van der Waals surface area contributed by atoms with E-state index in [2.05, 4.69) is 0 Å². The van der Waals surface area contributed by atoms with E-state index in [1.807, 2.05) is 0 Å². The van der Waals surface area contributed by atoms with Crippen molar-refractivity contribution in [1.82, 2.24) is 0 Å². The van der Waals surface area contributed by atoms with Crippen LogP contribution >= 0.6 is 0 Å². The molecule has 3 aromatic rings. The molecule has 4 N–H and O–H groups in total. The fourth-order valence-corrected chi connectivity index (χ4v) is 2.57. The minimum Gasteiger partial charge on any atom is -0.504 e. The molecule has 6 nitrogen and oxygen atoms in total. The molecule has 0 aromatic heterocycles. The highest BCUT2D eigenvalue weighted by molar-refractivity contribution is 6.06. The Morgan fingerprint density at radius 3 is 2.17 bits per heavy atom. The van der Waals surface area contributed by atoms with Crippen molar-refractivity contribution >= 4 is 16.7 Å². The number of benzene rings is 2. The minimum atomic E-state index is -1.35. The van der Waals surface area contributed by atoms with E-state index in [1.54, 1.807) is 30.3 Å². The average Bonchev–Trinajstić information content (AvgIpc) is 2.69. The van der Waals surface area contributed by atoms with E-state index >= 15 is 0 Å². The maximum atomic E-state index is 12.0. The van der Waals surface area contributed by atoms with Crippen molar-refractivity contribution in [1.29, 1.82) is 0 Å². The molecule has 6 heteroatoms. The van der Waals surface area contributed by atoms with Crippen molar-refractivity contribution in [3.05, 3.63) is 64.3 Å².